The first kappa shape index (κ1) is 14.1. The Kier molecular flexibility index (Phi) is 4.16. The molecule has 4 atom stereocenters. The minimum Gasteiger partial charge on any atom is -0.389 e. The standard InChI is InChI=1S/C19H28O/c1-15-8-7-11-17(14-15)19(20)13-6-5-12-18(19)16-9-3-2-4-10-16/h2-4,9-10,15,17-18,20H,5-8,11-14H2,1H3. The molecule has 2 fully saturated rings. The highest BCUT2D eigenvalue weighted by Gasteiger charge is 2.46. The van der Waals surface area contributed by atoms with E-state index in [0.29, 0.717) is 11.8 Å². The topological polar surface area (TPSA) is 20.2 Å². The van der Waals surface area contributed by atoms with Crippen LogP contribution in [0.15, 0.2) is 30.3 Å². The van der Waals surface area contributed by atoms with E-state index in [9.17, 15) is 5.11 Å². The van der Waals surface area contributed by atoms with Gasteiger partial charge in [0.15, 0.2) is 0 Å². The molecule has 0 saturated heterocycles. The predicted molar refractivity (Wildman–Crippen MR) is 83.7 cm³/mol. The van der Waals surface area contributed by atoms with Crippen LogP contribution in [0.4, 0.5) is 0 Å². The lowest BCUT2D eigenvalue weighted by Crippen LogP contribution is -2.47. The average molecular weight is 272 g/mol. The largest absolute Gasteiger partial charge is 0.389 e. The van der Waals surface area contributed by atoms with Gasteiger partial charge in [0.1, 0.15) is 0 Å². The summed E-state index contributed by atoms with van der Waals surface area (Å²) >= 11 is 0. The first-order valence-corrected chi connectivity index (χ1v) is 8.47. The number of benzene rings is 1. The maximum absolute atomic E-state index is 11.5. The van der Waals surface area contributed by atoms with E-state index in [2.05, 4.69) is 37.3 Å². The highest BCUT2D eigenvalue weighted by Crippen LogP contribution is 2.49. The molecule has 1 aromatic carbocycles. The van der Waals surface area contributed by atoms with Gasteiger partial charge in [-0.3, -0.25) is 0 Å². The maximum atomic E-state index is 11.5. The van der Waals surface area contributed by atoms with E-state index in [0.717, 1.165) is 18.8 Å². The Morgan fingerprint density at radius 1 is 1.00 bits per heavy atom. The van der Waals surface area contributed by atoms with Crippen molar-refractivity contribution in [3.8, 4) is 0 Å². The van der Waals surface area contributed by atoms with Crippen LogP contribution in [0.25, 0.3) is 0 Å². The fraction of sp³-hybridized carbons (Fsp3) is 0.684. The summed E-state index contributed by atoms with van der Waals surface area (Å²) in [6.07, 6.45) is 9.73. The highest BCUT2D eigenvalue weighted by molar-refractivity contribution is 5.24. The molecular weight excluding hydrogens is 244 g/mol. The molecule has 1 aromatic rings. The number of rotatable bonds is 2. The van der Waals surface area contributed by atoms with E-state index in [-0.39, 0.29) is 0 Å². The van der Waals surface area contributed by atoms with Gasteiger partial charge in [-0.15, -0.1) is 0 Å². The molecular formula is C19H28O. The summed E-state index contributed by atoms with van der Waals surface area (Å²) in [4.78, 5) is 0. The van der Waals surface area contributed by atoms with Gasteiger partial charge < -0.3 is 5.11 Å². The SMILES string of the molecule is CC1CCCC(C2(O)CCCCC2c2ccccc2)C1. The fourth-order valence-electron chi connectivity index (χ4n) is 4.70. The Hall–Kier alpha value is -0.820. The first-order chi connectivity index (χ1) is 9.70. The molecule has 2 aliphatic rings. The summed E-state index contributed by atoms with van der Waals surface area (Å²) in [5.41, 5.74) is 0.904. The van der Waals surface area contributed by atoms with Crippen LogP contribution in [-0.4, -0.2) is 10.7 Å². The van der Waals surface area contributed by atoms with Crippen LogP contribution in [0, 0.1) is 11.8 Å². The molecule has 1 heteroatoms. The summed E-state index contributed by atoms with van der Waals surface area (Å²) in [6, 6.07) is 10.7. The molecule has 0 heterocycles. The summed E-state index contributed by atoms with van der Waals surface area (Å²) in [5, 5.41) is 11.5. The van der Waals surface area contributed by atoms with Gasteiger partial charge in [-0.2, -0.15) is 0 Å². The average Bonchev–Trinajstić information content (AvgIpc) is 2.49. The zero-order chi connectivity index (χ0) is 14.0. The third kappa shape index (κ3) is 2.65. The van der Waals surface area contributed by atoms with Crippen LogP contribution < -0.4 is 0 Å². The van der Waals surface area contributed by atoms with Gasteiger partial charge in [-0.1, -0.05) is 62.9 Å². The van der Waals surface area contributed by atoms with Crippen molar-refractivity contribution >= 4 is 0 Å². The number of hydrogen-bond donors (Lipinski definition) is 1. The Labute approximate surface area is 123 Å². The molecule has 0 aliphatic heterocycles. The van der Waals surface area contributed by atoms with Crippen LogP contribution in [0.1, 0.15) is 69.8 Å². The lowest BCUT2D eigenvalue weighted by atomic mass is 9.61. The Balaban J connectivity index is 1.87. The summed E-state index contributed by atoms with van der Waals surface area (Å²) in [6.45, 7) is 2.36. The van der Waals surface area contributed by atoms with Gasteiger partial charge in [0.05, 0.1) is 5.60 Å². The van der Waals surface area contributed by atoms with Crippen LogP contribution in [0.2, 0.25) is 0 Å². The molecule has 110 valence electrons. The van der Waals surface area contributed by atoms with Gasteiger partial charge in [0.25, 0.3) is 0 Å². The van der Waals surface area contributed by atoms with E-state index in [4.69, 9.17) is 0 Å². The molecule has 0 spiro atoms. The molecule has 0 radical (unpaired) electrons. The Morgan fingerprint density at radius 3 is 2.55 bits per heavy atom. The van der Waals surface area contributed by atoms with Gasteiger partial charge in [0, 0.05) is 5.92 Å². The molecule has 0 amide bonds. The highest BCUT2D eigenvalue weighted by atomic mass is 16.3. The quantitative estimate of drug-likeness (QED) is 0.811. The van der Waals surface area contributed by atoms with Crippen molar-refractivity contribution in [1.82, 2.24) is 0 Å². The normalized spacial score (nSPS) is 38.6. The second-order valence-corrected chi connectivity index (χ2v) is 7.17. The second kappa shape index (κ2) is 5.89. The van der Waals surface area contributed by atoms with Crippen molar-refractivity contribution in [1.29, 1.82) is 0 Å². The van der Waals surface area contributed by atoms with Crippen LogP contribution in [0.3, 0.4) is 0 Å². The minimum absolute atomic E-state index is 0.354. The van der Waals surface area contributed by atoms with E-state index in [1.54, 1.807) is 0 Å². The smallest absolute Gasteiger partial charge is 0.0744 e. The molecule has 1 N–H and O–H groups in total. The zero-order valence-electron chi connectivity index (χ0n) is 12.7. The maximum Gasteiger partial charge on any atom is 0.0744 e. The molecule has 2 aliphatic carbocycles. The van der Waals surface area contributed by atoms with Gasteiger partial charge >= 0.3 is 0 Å². The van der Waals surface area contributed by atoms with Crippen molar-refractivity contribution in [3.63, 3.8) is 0 Å². The van der Waals surface area contributed by atoms with Crippen LogP contribution in [0.5, 0.6) is 0 Å². The predicted octanol–water partition coefficient (Wildman–Crippen LogP) is 4.90. The first-order valence-electron chi connectivity index (χ1n) is 8.47. The molecule has 0 bridgehead atoms. The summed E-state index contributed by atoms with van der Waals surface area (Å²) in [7, 11) is 0. The van der Waals surface area contributed by atoms with Crippen molar-refractivity contribution in [2.24, 2.45) is 11.8 Å². The van der Waals surface area contributed by atoms with Crippen LogP contribution >= 0.6 is 0 Å². The molecule has 4 unspecified atom stereocenters. The number of aliphatic hydroxyl groups is 1. The van der Waals surface area contributed by atoms with E-state index in [1.165, 1.54) is 44.1 Å². The number of hydrogen-bond acceptors (Lipinski definition) is 1. The summed E-state index contributed by atoms with van der Waals surface area (Å²) < 4.78 is 0. The molecule has 20 heavy (non-hydrogen) atoms. The fourth-order valence-corrected chi connectivity index (χ4v) is 4.70. The summed E-state index contributed by atoms with van der Waals surface area (Å²) in [5.74, 6) is 1.65. The third-order valence-corrected chi connectivity index (χ3v) is 5.77. The Morgan fingerprint density at radius 2 is 1.80 bits per heavy atom. The molecule has 1 nitrogen and oxygen atoms in total. The van der Waals surface area contributed by atoms with Crippen molar-refractivity contribution in [2.75, 3.05) is 0 Å². The molecule has 2 saturated carbocycles. The van der Waals surface area contributed by atoms with Crippen molar-refractivity contribution in [2.45, 2.75) is 69.8 Å². The van der Waals surface area contributed by atoms with Crippen molar-refractivity contribution < 1.29 is 5.11 Å². The minimum atomic E-state index is -0.450. The van der Waals surface area contributed by atoms with Gasteiger partial charge in [-0.25, -0.2) is 0 Å². The van der Waals surface area contributed by atoms with Gasteiger partial charge in [-0.05, 0) is 43.1 Å². The second-order valence-electron chi connectivity index (χ2n) is 7.17. The molecule has 0 aromatic heterocycles. The third-order valence-electron chi connectivity index (χ3n) is 5.77. The van der Waals surface area contributed by atoms with Crippen LogP contribution in [-0.2, 0) is 0 Å². The van der Waals surface area contributed by atoms with Crippen molar-refractivity contribution in [3.05, 3.63) is 35.9 Å². The lowest BCUT2D eigenvalue weighted by Gasteiger charge is -2.48. The van der Waals surface area contributed by atoms with E-state index in [1.807, 2.05) is 0 Å². The Bertz CT molecular complexity index is 427. The van der Waals surface area contributed by atoms with Gasteiger partial charge in [0.2, 0.25) is 0 Å². The monoisotopic (exact) mass is 272 g/mol. The lowest BCUT2D eigenvalue weighted by molar-refractivity contribution is -0.0839. The van der Waals surface area contributed by atoms with E-state index >= 15 is 0 Å². The van der Waals surface area contributed by atoms with E-state index < -0.39 is 5.60 Å². The molecule has 3 rings (SSSR count). The zero-order valence-corrected chi connectivity index (χ0v) is 12.7.